The van der Waals surface area contributed by atoms with Crippen LogP contribution in [-0.2, 0) is 4.79 Å². The highest BCUT2D eigenvalue weighted by molar-refractivity contribution is 5.50. The Hall–Kier alpha value is -0.330. The molecule has 0 bridgehead atoms. The molecule has 0 spiro atoms. The van der Waals surface area contributed by atoms with E-state index in [1.54, 1.807) is 0 Å². The van der Waals surface area contributed by atoms with E-state index in [2.05, 4.69) is 20.8 Å². The molecule has 0 aromatic heterocycles. The van der Waals surface area contributed by atoms with Crippen LogP contribution >= 0.6 is 0 Å². The summed E-state index contributed by atoms with van der Waals surface area (Å²) in [7, 11) is 0. The summed E-state index contributed by atoms with van der Waals surface area (Å²) in [6.07, 6.45) is 4.38. The molecular formula is C10H18O. The lowest BCUT2D eigenvalue weighted by Gasteiger charge is -2.30. The summed E-state index contributed by atoms with van der Waals surface area (Å²) in [5.41, 5.74) is 0.390. The van der Waals surface area contributed by atoms with Crippen LogP contribution in [0.5, 0.6) is 0 Å². The van der Waals surface area contributed by atoms with Crippen LogP contribution in [0.2, 0.25) is 0 Å². The molecule has 64 valence electrons. The lowest BCUT2D eigenvalue weighted by Crippen LogP contribution is -2.23. The van der Waals surface area contributed by atoms with Gasteiger partial charge in [0.25, 0.3) is 0 Å². The van der Waals surface area contributed by atoms with E-state index in [1.807, 2.05) is 0 Å². The fourth-order valence-corrected chi connectivity index (χ4v) is 2.14. The van der Waals surface area contributed by atoms with Crippen LogP contribution in [0.25, 0.3) is 0 Å². The van der Waals surface area contributed by atoms with E-state index in [1.165, 1.54) is 12.8 Å². The molecule has 0 N–H and O–H groups in total. The molecule has 0 aromatic rings. The first-order valence-electron chi connectivity index (χ1n) is 4.52. The van der Waals surface area contributed by atoms with Crippen molar-refractivity contribution < 1.29 is 4.79 Å². The number of carbonyl (C=O) groups is 1. The van der Waals surface area contributed by atoms with Crippen LogP contribution in [-0.4, -0.2) is 6.29 Å². The molecule has 0 saturated heterocycles. The third kappa shape index (κ3) is 1.47. The van der Waals surface area contributed by atoms with Crippen molar-refractivity contribution in [2.24, 2.45) is 17.3 Å². The van der Waals surface area contributed by atoms with Crippen LogP contribution in [0.3, 0.4) is 0 Å². The Morgan fingerprint density at radius 2 is 2.09 bits per heavy atom. The second-order valence-electron chi connectivity index (χ2n) is 4.40. The van der Waals surface area contributed by atoms with Crippen LogP contribution in [0.4, 0.5) is 0 Å². The molecule has 1 aliphatic rings. The summed E-state index contributed by atoms with van der Waals surface area (Å²) < 4.78 is 0. The van der Waals surface area contributed by atoms with Gasteiger partial charge in [0.1, 0.15) is 6.29 Å². The predicted octanol–water partition coefficient (Wildman–Crippen LogP) is 2.65. The van der Waals surface area contributed by atoms with Gasteiger partial charge in [0.15, 0.2) is 0 Å². The first-order valence-corrected chi connectivity index (χ1v) is 4.52. The largest absolute Gasteiger partial charge is 0.303 e. The molecule has 0 heterocycles. The average Bonchev–Trinajstić information content (AvgIpc) is 2.16. The molecule has 2 atom stereocenters. The van der Waals surface area contributed by atoms with E-state index in [9.17, 15) is 4.79 Å². The standard InChI is InChI=1S/C10H18O/c1-8-4-5-9(6-7-11)10(8,2)3/h7-9H,4-6H2,1-3H3/t8-,9-/m0/s1. The van der Waals surface area contributed by atoms with Gasteiger partial charge >= 0.3 is 0 Å². The fourth-order valence-electron chi connectivity index (χ4n) is 2.14. The molecule has 0 unspecified atom stereocenters. The van der Waals surface area contributed by atoms with E-state index < -0.39 is 0 Å². The molecular weight excluding hydrogens is 136 g/mol. The van der Waals surface area contributed by atoms with Crippen molar-refractivity contribution in [3.8, 4) is 0 Å². The monoisotopic (exact) mass is 154 g/mol. The van der Waals surface area contributed by atoms with Crippen molar-refractivity contribution in [3.63, 3.8) is 0 Å². The van der Waals surface area contributed by atoms with Crippen LogP contribution in [0, 0.1) is 17.3 Å². The summed E-state index contributed by atoms with van der Waals surface area (Å²) in [4.78, 5) is 10.4. The molecule has 11 heavy (non-hydrogen) atoms. The van der Waals surface area contributed by atoms with Gasteiger partial charge in [-0.15, -0.1) is 0 Å². The number of carbonyl (C=O) groups excluding carboxylic acids is 1. The van der Waals surface area contributed by atoms with Crippen LogP contribution < -0.4 is 0 Å². The lowest BCUT2D eigenvalue weighted by molar-refractivity contribution is -0.109. The van der Waals surface area contributed by atoms with Crippen LogP contribution in [0.15, 0.2) is 0 Å². The molecule has 1 heteroatoms. The lowest BCUT2D eigenvalue weighted by atomic mass is 9.75. The highest BCUT2D eigenvalue weighted by Gasteiger charge is 2.39. The molecule has 1 nitrogen and oxygen atoms in total. The van der Waals surface area contributed by atoms with Crippen molar-refractivity contribution in [2.75, 3.05) is 0 Å². The summed E-state index contributed by atoms with van der Waals surface area (Å²) in [6.45, 7) is 6.88. The SMILES string of the molecule is C[C@H]1CC[C@@H](CC=O)C1(C)C. The number of hydrogen-bond acceptors (Lipinski definition) is 1. The van der Waals surface area contributed by atoms with Crippen molar-refractivity contribution in [1.82, 2.24) is 0 Å². The molecule has 1 fully saturated rings. The minimum atomic E-state index is 0.390. The van der Waals surface area contributed by atoms with Crippen molar-refractivity contribution in [2.45, 2.75) is 40.0 Å². The van der Waals surface area contributed by atoms with Crippen molar-refractivity contribution >= 4 is 6.29 Å². The minimum Gasteiger partial charge on any atom is -0.303 e. The molecule has 0 aromatic carbocycles. The van der Waals surface area contributed by atoms with E-state index in [0.717, 1.165) is 18.6 Å². The molecule has 1 rings (SSSR count). The van der Waals surface area contributed by atoms with Crippen molar-refractivity contribution in [3.05, 3.63) is 0 Å². The minimum absolute atomic E-state index is 0.390. The number of aldehydes is 1. The van der Waals surface area contributed by atoms with E-state index in [0.29, 0.717) is 11.3 Å². The van der Waals surface area contributed by atoms with Gasteiger partial charge in [0.05, 0.1) is 0 Å². The van der Waals surface area contributed by atoms with Crippen molar-refractivity contribution in [1.29, 1.82) is 0 Å². The normalized spacial score (nSPS) is 35.5. The van der Waals surface area contributed by atoms with Gasteiger partial charge in [-0.2, -0.15) is 0 Å². The summed E-state index contributed by atoms with van der Waals surface area (Å²) in [6, 6.07) is 0. The highest BCUT2D eigenvalue weighted by atomic mass is 16.1. The van der Waals surface area contributed by atoms with Gasteiger partial charge in [0.2, 0.25) is 0 Å². The third-order valence-electron chi connectivity index (χ3n) is 3.65. The fraction of sp³-hybridized carbons (Fsp3) is 0.900. The van der Waals surface area contributed by atoms with Gasteiger partial charge in [-0.3, -0.25) is 0 Å². The van der Waals surface area contributed by atoms with Gasteiger partial charge in [-0.25, -0.2) is 0 Å². The maximum Gasteiger partial charge on any atom is 0.120 e. The Kier molecular flexibility index (Phi) is 2.36. The second-order valence-corrected chi connectivity index (χ2v) is 4.40. The smallest absolute Gasteiger partial charge is 0.120 e. The van der Waals surface area contributed by atoms with Gasteiger partial charge < -0.3 is 4.79 Å². The maximum absolute atomic E-state index is 10.4. The zero-order chi connectivity index (χ0) is 8.48. The zero-order valence-electron chi connectivity index (χ0n) is 7.76. The Labute approximate surface area is 69.2 Å². The van der Waals surface area contributed by atoms with Gasteiger partial charge in [-0.05, 0) is 30.1 Å². The summed E-state index contributed by atoms with van der Waals surface area (Å²) in [5.74, 6) is 1.42. The van der Waals surface area contributed by atoms with E-state index in [-0.39, 0.29) is 0 Å². The van der Waals surface area contributed by atoms with E-state index in [4.69, 9.17) is 0 Å². The van der Waals surface area contributed by atoms with Gasteiger partial charge in [-0.1, -0.05) is 20.8 Å². The van der Waals surface area contributed by atoms with Crippen LogP contribution in [0.1, 0.15) is 40.0 Å². The number of hydrogen-bond donors (Lipinski definition) is 0. The average molecular weight is 154 g/mol. The Bertz CT molecular complexity index is 149. The molecule has 1 saturated carbocycles. The Morgan fingerprint density at radius 3 is 2.45 bits per heavy atom. The summed E-state index contributed by atoms with van der Waals surface area (Å²) >= 11 is 0. The molecule has 0 aliphatic heterocycles. The second kappa shape index (κ2) is 2.96. The number of rotatable bonds is 2. The zero-order valence-corrected chi connectivity index (χ0v) is 7.76. The molecule has 0 radical (unpaired) electrons. The maximum atomic E-state index is 10.4. The molecule has 1 aliphatic carbocycles. The summed E-state index contributed by atoms with van der Waals surface area (Å²) in [5, 5.41) is 0. The Morgan fingerprint density at radius 1 is 1.45 bits per heavy atom. The Balaban J connectivity index is 2.62. The third-order valence-corrected chi connectivity index (χ3v) is 3.65. The molecule has 0 amide bonds. The first kappa shape index (κ1) is 8.76. The predicted molar refractivity (Wildman–Crippen MR) is 46.4 cm³/mol. The quantitative estimate of drug-likeness (QED) is 0.559. The van der Waals surface area contributed by atoms with E-state index >= 15 is 0 Å². The topological polar surface area (TPSA) is 17.1 Å². The first-order chi connectivity index (χ1) is 5.09. The highest BCUT2D eigenvalue weighted by Crippen LogP contribution is 2.48. The van der Waals surface area contributed by atoms with Gasteiger partial charge in [0, 0.05) is 6.42 Å².